The summed E-state index contributed by atoms with van der Waals surface area (Å²) in [6, 6.07) is 1.10. The minimum Gasteiger partial charge on any atom is -0.363 e. The Morgan fingerprint density at radius 2 is 2.25 bits per heavy atom. The molecule has 4 nitrogen and oxygen atoms in total. The first-order chi connectivity index (χ1) is 7.61. The van der Waals surface area contributed by atoms with Crippen LogP contribution in [0.1, 0.15) is 26.5 Å². The predicted molar refractivity (Wildman–Crippen MR) is 66.9 cm³/mol. The summed E-state index contributed by atoms with van der Waals surface area (Å²) in [5, 5.41) is 8.03. The molecule has 1 aromatic rings. The molecule has 2 atom stereocenters. The molecule has 4 heteroatoms. The van der Waals surface area contributed by atoms with Crippen molar-refractivity contribution in [2.75, 3.05) is 18.0 Å². The smallest absolute Gasteiger partial charge is 0.0855 e. The maximum absolute atomic E-state index is 4.52. The molecule has 0 saturated carbocycles. The van der Waals surface area contributed by atoms with Gasteiger partial charge in [0.1, 0.15) is 0 Å². The summed E-state index contributed by atoms with van der Waals surface area (Å²) in [5.41, 5.74) is 2.52. The molecule has 0 spiro atoms. The number of hydrogen-bond acceptors (Lipinski definition) is 3. The van der Waals surface area contributed by atoms with Gasteiger partial charge in [-0.15, -0.1) is 0 Å². The van der Waals surface area contributed by atoms with Crippen molar-refractivity contribution in [3.05, 3.63) is 11.9 Å². The zero-order valence-electron chi connectivity index (χ0n) is 10.7. The molecular weight excluding hydrogens is 200 g/mol. The monoisotopic (exact) mass is 222 g/mol. The fourth-order valence-electron chi connectivity index (χ4n) is 2.37. The highest BCUT2D eigenvalue weighted by molar-refractivity contribution is 5.51. The quantitative estimate of drug-likeness (QED) is 0.815. The second-order valence-electron chi connectivity index (χ2n) is 4.80. The van der Waals surface area contributed by atoms with Crippen molar-refractivity contribution in [3.63, 3.8) is 0 Å². The van der Waals surface area contributed by atoms with E-state index < -0.39 is 0 Å². The van der Waals surface area contributed by atoms with Crippen LogP contribution < -0.4 is 10.2 Å². The fourth-order valence-corrected chi connectivity index (χ4v) is 2.37. The van der Waals surface area contributed by atoms with Crippen LogP contribution in [0.3, 0.4) is 0 Å². The van der Waals surface area contributed by atoms with Gasteiger partial charge in [-0.05, 0) is 20.3 Å². The van der Waals surface area contributed by atoms with Gasteiger partial charge in [0.15, 0.2) is 0 Å². The van der Waals surface area contributed by atoms with E-state index in [1.165, 1.54) is 11.4 Å². The van der Waals surface area contributed by atoms with Crippen LogP contribution in [0.4, 0.5) is 5.69 Å². The van der Waals surface area contributed by atoms with Gasteiger partial charge in [0.25, 0.3) is 0 Å². The molecule has 1 aromatic heterocycles. The van der Waals surface area contributed by atoms with Crippen molar-refractivity contribution in [2.45, 2.75) is 39.3 Å². The Morgan fingerprint density at radius 1 is 1.50 bits per heavy atom. The lowest BCUT2D eigenvalue weighted by Gasteiger charge is -2.38. The lowest BCUT2D eigenvalue weighted by atomic mass is 10.1. The molecule has 1 aliphatic rings. The number of hydrogen-bond donors (Lipinski definition) is 1. The largest absolute Gasteiger partial charge is 0.363 e. The van der Waals surface area contributed by atoms with E-state index in [-0.39, 0.29) is 0 Å². The highest BCUT2D eigenvalue weighted by Gasteiger charge is 2.25. The van der Waals surface area contributed by atoms with E-state index in [0.29, 0.717) is 12.1 Å². The third kappa shape index (κ3) is 2.07. The van der Waals surface area contributed by atoms with Crippen molar-refractivity contribution < 1.29 is 0 Å². The third-order valence-electron chi connectivity index (χ3n) is 3.29. The summed E-state index contributed by atoms with van der Waals surface area (Å²) in [6.45, 7) is 8.80. The van der Waals surface area contributed by atoms with Gasteiger partial charge >= 0.3 is 0 Å². The van der Waals surface area contributed by atoms with Crippen LogP contribution >= 0.6 is 0 Å². The van der Waals surface area contributed by atoms with E-state index in [0.717, 1.165) is 19.5 Å². The first-order valence-corrected chi connectivity index (χ1v) is 6.14. The third-order valence-corrected chi connectivity index (χ3v) is 3.29. The topological polar surface area (TPSA) is 33.1 Å². The first kappa shape index (κ1) is 11.5. The van der Waals surface area contributed by atoms with Gasteiger partial charge in [-0.1, -0.05) is 6.92 Å². The Balaban J connectivity index is 2.26. The van der Waals surface area contributed by atoms with Crippen LogP contribution in [-0.2, 0) is 13.5 Å². The Morgan fingerprint density at radius 3 is 2.94 bits per heavy atom. The van der Waals surface area contributed by atoms with Crippen LogP contribution in [0.15, 0.2) is 6.20 Å². The lowest BCUT2D eigenvalue weighted by Crippen LogP contribution is -2.54. The lowest BCUT2D eigenvalue weighted by molar-refractivity contribution is 0.424. The van der Waals surface area contributed by atoms with Crippen LogP contribution in [0, 0.1) is 0 Å². The van der Waals surface area contributed by atoms with Gasteiger partial charge < -0.3 is 10.2 Å². The number of anilines is 1. The molecular formula is C12H22N4. The fraction of sp³-hybridized carbons (Fsp3) is 0.750. The van der Waals surface area contributed by atoms with Crippen LogP contribution in [-0.4, -0.2) is 35.0 Å². The van der Waals surface area contributed by atoms with E-state index >= 15 is 0 Å². The number of rotatable bonds is 2. The number of nitrogens with zero attached hydrogens (tertiary/aromatic N) is 3. The highest BCUT2D eigenvalue weighted by atomic mass is 15.3. The highest BCUT2D eigenvalue weighted by Crippen LogP contribution is 2.23. The molecule has 1 N–H and O–H groups in total. The molecule has 0 aromatic carbocycles. The second-order valence-corrected chi connectivity index (χ2v) is 4.80. The first-order valence-electron chi connectivity index (χ1n) is 6.14. The number of aryl methyl sites for hydroxylation is 2. The molecule has 2 heterocycles. The molecule has 1 saturated heterocycles. The summed E-state index contributed by atoms with van der Waals surface area (Å²) in [6.07, 6.45) is 3.15. The molecule has 90 valence electrons. The van der Waals surface area contributed by atoms with Gasteiger partial charge in [0.2, 0.25) is 0 Å². The maximum Gasteiger partial charge on any atom is 0.0855 e. The van der Waals surface area contributed by atoms with Crippen LogP contribution in [0.2, 0.25) is 0 Å². The summed E-state index contributed by atoms with van der Waals surface area (Å²) >= 11 is 0. The Kier molecular flexibility index (Phi) is 3.19. The summed E-state index contributed by atoms with van der Waals surface area (Å²) in [5.74, 6) is 0. The van der Waals surface area contributed by atoms with Crippen molar-refractivity contribution in [3.8, 4) is 0 Å². The van der Waals surface area contributed by atoms with Crippen LogP contribution in [0.5, 0.6) is 0 Å². The molecule has 1 aliphatic heterocycles. The summed E-state index contributed by atoms with van der Waals surface area (Å²) in [7, 11) is 2.00. The van der Waals surface area contributed by atoms with E-state index in [1.54, 1.807) is 0 Å². The zero-order chi connectivity index (χ0) is 11.7. The summed E-state index contributed by atoms with van der Waals surface area (Å²) < 4.78 is 1.92. The Bertz CT molecular complexity index is 358. The molecule has 16 heavy (non-hydrogen) atoms. The molecule has 0 aliphatic carbocycles. The number of nitrogens with one attached hydrogen (secondary N) is 1. The summed E-state index contributed by atoms with van der Waals surface area (Å²) in [4.78, 5) is 2.48. The zero-order valence-corrected chi connectivity index (χ0v) is 10.7. The van der Waals surface area contributed by atoms with Crippen molar-refractivity contribution >= 4 is 5.69 Å². The van der Waals surface area contributed by atoms with E-state index in [9.17, 15) is 0 Å². The molecule has 2 rings (SSSR count). The van der Waals surface area contributed by atoms with E-state index in [4.69, 9.17) is 0 Å². The maximum atomic E-state index is 4.52. The van der Waals surface area contributed by atoms with Gasteiger partial charge in [0.05, 0.1) is 11.4 Å². The standard InChI is InChI=1S/C12H22N4/c1-5-11-12(8-15(4)14-11)16-7-9(2)13-6-10(16)3/h8-10,13H,5-7H2,1-4H3. The van der Waals surface area contributed by atoms with Crippen LogP contribution in [0.25, 0.3) is 0 Å². The molecule has 2 unspecified atom stereocenters. The van der Waals surface area contributed by atoms with E-state index in [2.05, 4.69) is 42.3 Å². The minimum absolute atomic E-state index is 0.547. The van der Waals surface area contributed by atoms with Crippen molar-refractivity contribution in [1.82, 2.24) is 15.1 Å². The van der Waals surface area contributed by atoms with Crippen molar-refractivity contribution in [2.24, 2.45) is 7.05 Å². The molecule has 0 amide bonds. The Labute approximate surface area is 97.6 Å². The number of piperazine rings is 1. The van der Waals surface area contributed by atoms with Gasteiger partial charge in [0, 0.05) is 38.4 Å². The molecule has 0 radical (unpaired) electrons. The van der Waals surface area contributed by atoms with Crippen molar-refractivity contribution in [1.29, 1.82) is 0 Å². The normalized spacial score (nSPS) is 26.1. The Hall–Kier alpha value is -1.03. The van der Waals surface area contributed by atoms with E-state index in [1.807, 2.05) is 11.7 Å². The van der Waals surface area contributed by atoms with Gasteiger partial charge in [-0.2, -0.15) is 5.10 Å². The SMILES string of the molecule is CCc1nn(C)cc1N1CC(C)NCC1C. The van der Waals surface area contributed by atoms with Gasteiger partial charge in [-0.3, -0.25) is 4.68 Å². The second kappa shape index (κ2) is 4.45. The molecule has 1 fully saturated rings. The number of aromatic nitrogens is 2. The minimum atomic E-state index is 0.547. The average molecular weight is 222 g/mol. The van der Waals surface area contributed by atoms with Gasteiger partial charge in [-0.25, -0.2) is 0 Å². The average Bonchev–Trinajstić information content (AvgIpc) is 2.63. The molecule has 0 bridgehead atoms. The predicted octanol–water partition coefficient (Wildman–Crippen LogP) is 1.17.